The number of hydrogen-bond acceptors (Lipinski definition) is 4. The molecule has 5 nitrogen and oxygen atoms in total. The van der Waals surface area contributed by atoms with E-state index >= 15 is 0 Å². The molecule has 0 aliphatic carbocycles. The van der Waals surface area contributed by atoms with Crippen molar-refractivity contribution in [3.05, 3.63) is 94.6 Å². The molecule has 1 heterocycles. The van der Waals surface area contributed by atoms with E-state index in [1.807, 2.05) is 62.4 Å². The Labute approximate surface area is 192 Å². The maximum Gasteiger partial charge on any atom is 0.282 e. The summed E-state index contributed by atoms with van der Waals surface area (Å²) in [5.74, 6) is -0.194. The molecule has 0 aromatic heterocycles. The number of carbonyl (C=O) groups is 2. The Morgan fingerprint density at radius 2 is 1.69 bits per heavy atom. The van der Waals surface area contributed by atoms with Gasteiger partial charge in [-0.3, -0.25) is 9.59 Å². The van der Waals surface area contributed by atoms with Gasteiger partial charge in [0.05, 0.1) is 22.9 Å². The minimum atomic E-state index is -0.460. The molecule has 0 saturated carbocycles. The van der Waals surface area contributed by atoms with Gasteiger partial charge in [0, 0.05) is 11.8 Å². The van der Waals surface area contributed by atoms with Crippen LogP contribution in [-0.2, 0) is 9.59 Å². The zero-order chi connectivity index (χ0) is 22.7. The van der Waals surface area contributed by atoms with E-state index in [0.717, 1.165) is 16.9 Å². The zero-order valence-electron chi connectivity index (χ0n) is 17.9. The minimum absolute atomic E-state index is 0.200. The first-order valence-corrected chi connectivity index (χ1v) is 10.8. The summed E-state index contributed by atoms with van der Waals surface area (Å²) >= 11 is 6.33. The Hall–Kier alpha value is -3.57. The van der Waals surface area contributed by atoms with Crippen molar-refractivity contribution < 1.29 is 14.3 Å². The zero-order valence-corrected chi connectivity index (χ0v) is 18.6. The Morgan fingerprint density at radius 3 is 2.41 bits per heavy atom. The molecule has 162 valence electrons. The average molecular weight is 447 g/mol. The number of benzene rings is 3. The van der Waals surface area contributed by atoms with Gasteiger partial charge in [0.2, 0.25) is 0 Å². The lowest BCUT2D eigenvalue weighted by Crippen LogP contribution is -2.32. The number of imide groups is 1. The SMILES string of the molecule is CCCOc1cccc(NC2=C(c3ccc(C)cc3)C(=O)N(c3ccccc3Cl)C2=O)c1. The van der Waals surface area contributed by atoms with Crippen LogP contribution in [0.3, 0.4) is 0 Å². The van der Waals surface area contributed by atoms with Gasteiger partial charge in [0.1, 0.15) is 11.4 Å². The fraction of sp³-hybridized carbons (Fsp3) is 0.154. The molecule has 0 saturated heterocycles. The van der Waals surface area contributed by atoms with Crippen molar-refractivity contribution in [3.8, 4) is 5.75 Å². The highest BCUT2D eigenvalue weighted by Crippen LogP contribution is 2.37. The van der Waals surface area contributed by atoms with Gasteiger partial charge in [-0.15, -0.1) is 0 Å². The maximum atomic E-state index is 13.5. The average Bonchev–Trinajstić information content (AvgIpc) is 3.03. The van der Waals surface area contributed by atoms with E-state index in [-0.39, 0.29) is 5.70 Å². The van der Waals surface area contributed by atoms with Crippen LogP contribution in [-0.4, -0.2) is 18.4 Å². The molecular formula is C26H23ClN2O3. The summed E-state index contributed by atoms with van der Waals surface area (Å²) in [5.41, 5.74) is 3.22. The van der Waals surface area contributed by atoms with Crippen LogP contribution in [0.25, 0.3) is 5.57 Å². The standard InChI is InChI=1S/C26H23ClN2O3/c1-3-15-32-20-8-6-7-19(16-20)28-24-23(18-13-11-17(2)12-14-18)25(30)29(26(24)31)22-10-5-4-9-21(22)27/h4-14,16,28H,3,15H2,1-2H3. The smallest absolute Gasteiger partial charge is 0.282 e. The summed E-state index contributed by atoms with van der Waals surface area (Å²) < 4.78 is 5.70. The highest BCUT2D eigenvalue weighted by atomic mass is 35.5. The number of nitrogens with one attached hydrogen (secondary N) is 1. The molecule has 3 aromatic rings. The Bertz CT molecular complexity index is 1200. The molecule has 0 unspecified atom stereocenters. The largest absolute Gasteiger partial charge is 0.494 e. The molecule has 6 heteroatoms. The number of rotatable bonds is 7. The fourth-order valence-electron chi connectivity index (χ4n) is 3.51. The van der Waals surface area contributed by atoms with Crippen LogP contribution >= 0.6 is 11.6 Å². The van der Waals surface area contributed by atoms with Crippen LogP contribution < -0.4 is 15.0 Å². The first-order chi connectivity index (χ1) is 15.5. The summed E-state index contributed by atoms with van der Waals surface area (Å²) in [6, 6.07) is 21.7. The molecule has 1 aliphatic heterocycles. The Balaban J connectivity index is 1.78. The fourth-order valence-corrected chi connectivity index (χ4v) is 3.73. The van der Waals surface area contributed by atoms with Crippen molar-refractivity contribution in [3.63, 3.8) is 0 Å². The predicted molar refractivity (Wildman–Crippen MR) is 128 cm³/mol. The van der Waals surface area contributed by atoms with Gasteiger partial charge in [-0.25, -0.2) is 4.90 Å². The number of amides is 2. The second kappa shape index (κ2) is 9.28. The highest BCUT2D eigenvalue weighted by molar-refractivity contribution is 6.48. The molecule has 0 bridgehead atoms. The molecular weight excluding hydrogens is 424 g/mol. The third kappa shape index (κ3) is 4.25. The van der Waals surface area contributed by atoms with Crippen LogP contribution in [0, 0.1) is 6.92 Å². The summed E-state index contributed by atoms with van der Waals surface area (Å²) in [7, 11) is 0. The maximum absolute atomic E-state index is 13.5. The van der Waals surface area contributed by atoms with Crippen molar-refractivity contribution in [2.45, 2.75) is 20.3 Å². The number of aryl methyl sites for hydroxylation is 1. The van der Waals surface area contributed by atoms with Crippen LogP contribution in [0.4, 0.5) is 11.4 Å². The van der Waals surface area contributed by atoms with Crippen molar-refractivity contribution in [2.75, 3.05) is 16.8 Å². The highest BCUT2D eigenvalue weighted by Gasteiger charge is 2.41. The normalized spacial score (nSPS) is 13.7. The summed E-state index contributed by atoms with van der Waals surface area (Å²) in [6.07, 6.45) is 0.889. The van der Waals surface area contributed by atoms with Gasteiger partial charge in [0.25, 0.3) is 11.8 Å². The van der Waals surface area contributed by atoms with Crippen LogP contribution in [0.2, 0.25) is 5.02 Å². The molecule has 0 radical (unpaired) electrons. The molecule has 0 spiro atoms. The molecule has 1 N–H and O–H groups in total. The number of carbonyl (C=O) groups excluding carboxylic acids is 2. The van der Waals surface area contributed by atoms with Crippen LogP contribution in [0.15, 0.2) is 78.5 Å². The second-order valence-electron chi connectivity index (χ2n) is 7.51. The Morgan fingerprint density at radius 1 is 0.938 bits per heavy atom. The lowest BCUT2D eigenvalue weighted by molar-refractivity contribution is -0.120. The van der Waals surface area contributed by atoms with Gasteiger partial charge < -0.3 is 10.1 Å². The number of hydrogen-bond donors (Lipinski definition) is 1. The second-order valence-corrected chi connectivity index (χ2v) is 7.92. The number of ether oxygens (including phenoxy) is 1. The van der Waals surface area contributed by atoms with Crippen LogP contribution in [0.1, 0.15) is 24.5 Å². The quantitative estimate of drug-likeness (QED) is 0.463. The van der Waals surface area contributed by atoms with Crippen molar-refractivity contribution >= 4 is 40.4 Å². The number of anilines is 2. The van der Waals surface area contributed by atoms with Gasteiger partial charge in [-0.05, 0) is 43.2 Å². The number of para-hydroxylation sites is 1. The van der Waals surface area contributed by atoms with Gasteiger partial charge >= 0.3 is 0 Å². The van der Waals surface area contributed by atoms with E-state index in [1.165, 1.54) is 0 Å². The molecule has 3 aromatic carbocycles. The van der Waals surface area contributed by atoms with E-state index in [0.29, 0.717) is 39.9 Å². The molecule has 0 fully saturated rings. The van der Waals surface area contributed by atoms with E-state index in [1.54, 1.807) is 24.3 Å². The number of nitrogens with zero attached hydrogens (tertiary/aromatic N) is 1. The lowest BCUT2D eigenvalue weighted by atomic mass is 10.0. The van der Waals surface area contributed by atoms with Gasteiger partial charge in [-0.2, -0.15) is 0 Å². The summed E-state index contributed by atoms with van der Waals surface area (Å²) in [5, 5.41) is 3.49. The first kappa shape index (κ1) is 21.7. The van der Waals surface area contributed by atoms with Gasteiger partial charge in [0.15, 0.2) is 0 Å². The third-order valence-corrected chi connectivity index (χ3v) is 5.41. The van der Waals surface area contributed by atoms with Crippen LogP contribution in [0.5, 0.6) is 5.75 Å². The molecule has 1 aliphatic rings. The Kier molecular flexibility index (Phi) is 6.28. The third-order valence-electron chi connectivity index (χ3n) is 5.09. The molecule has 32 heavy (non-hydrogen) atoms. The number of halogens is 1. The molecule has 2 amide bonds. The minimum Gasteiger partial charge on any atom is -0.494 e. The monoisotopic (exact) mass is 446 g/mol. The predicted octanol–water partition coefficient (Wildman–Crippen LogP) is 5.83. The van der Waals surface area contributed by atoms with E-state index < -0.39 is 11.8 Å². The first-order valence-electron chi connectivity index (χ1n) is 10.4. The van der Waals surface area contributed by atoms with Gasteiger partial charge in [-0.1, -0.05) is 66.6 Å². The van der Waals surface area contributed by atoms with E-state index in [2.05, 4.69) is 5.32 Å². The van der Waals surface area contributed by atoms with Crippen molar-refractivity contribution in [2.24, 2.45) is 0 Å². The van der Waals surface area contributed by atoms with E-state index in [9.17, 15) is 9.59 Å². The molecule has 0 atom stereocenters. The lowest BCUT2D eigenvalue weighted by Gasteiger charge is -2.17. The topological polar surface area (TPSA) is 58.6 Å². The summed E-state index contributed by atoms with van der Waals surface area (Å²) in [6.45, 7) is 4.60. The summed E-state index contributed by atoms with van der Waals surface area (Å²) in [4.78, 5) is 28.1. The molecule has 4 rings (SSSR count). The van der Waals surface area contributed by atoms with Crippen molar-refractivity contribution in [1.82, 2.24) is 0 Å². The van der Waals surface area contributed by atoms with Crippen molar-refractivity contribution in [1.29, 1.82) is 0 Å². The van der Waals surface area contributed by atoms with E-state index in [4.69, 9.17) is 16.3 Å².